The van der Waals surface area contributed by atoms with E-state index in [1.165, 1.54) is 30.3 Å². The fraction of sp³-hybridized carbons (Fsp3) is 0.0769. The second kappa shape index (κ2) is 5.90. The van der Waals surface area contributed by atoms with Gasteiger partial charge < -0.3 is 5.73 Å². The highest BCUT2D eigenvalue weighted by Crippen LogP contribution is 2.22. The van der Waals surface area contributed by atoms with Crippen molar-refractivity contribution >= 4 is 31.6 Å². The van der Waals surface area contributed by atoms with Crippen LogP contribution in [0.2, 0.25) is 0 Å². The van der Waals surface area contributed by atoms with Crippen LogP contribution in [0.3, 0.4) is 0 Å². The third-order valence-corrected chi connectivity index (χ3v) is 4.65. The molecule has 0 radical (unpaired) electrons. The standard InChI is InChI=1S/C13H12BrFN2O2S/c14-12-7-10(3-6-13(12)15)17-20(18,19)11-4-1-9(8-16)2-5-11/h1-7,17H,8,16H2. The van der Waals surface area contributed by atoms with Crippen LogP contribution in [0.4, 0.5) is 10.1 Å². The van der Waals surface area contributed by atoms with Gasteiger partial charge in [-0.1, -0.05) is 12.1 Å². The van der Waals surface area contributed by atoms with Crippen molar-refractivity contribution in [1.29, 1.82) is 0 Å². The first-order valence-corrected chi connectivity index (χ1v) is 7.97. The summed E-state index contributed by atoms with van der Waals surface area (Å²) in [6, 6.07) is 10.1. The number of nitrogens with two attached hydrogens (primary N) is 1. The number of rotatable bonds is 4. The molecular formula is C13H12BrFN2O2S. The Balaban J connectivity index is 2.27. The molecule has 106 valence electrons. The van der Waals surface area contributed by atoms with Crippen LogP contribution >= 0.6 is 15.9 Å². The second-order valence-corrected chi connectivity index (χ2v) is 6.62. The number of hydrogen-bond acceptors (Lipinski definition) is 3. The number of benzene rings is 2. The Morgan fingerprint density at radius 3 is 2.35 bits per heavy atom. The van der Waals surface area contributed by atoms with Gasteiger partial charge in [-0.05, 0) is 51.8 Å². The third-order valence-electron chi connectivity index (χ3n) is 2.64. The molecule has 2 aromatic rings. The van der Waals surface area contributed by atoms with Crippen LogP contribution in [0.5, 0.6) is 0 Å². The van der Waals surface area contributed by atoms with Crippen molar-refractivity contribution in [3.8, 4) is 0 Å². The lowest BCUT2D eigenvalue weighted by atomic mass is 10.2. The first kappa shape index (κ1) is 15.0. The van der Waals surface area contributed by atoms with Gasteiger partial charge in [-0.25, -0.2) is 12.8 Å². The molecule has 2 aromatic carbocycles. The van der Waals surface area contributed by atoms with Crippen molar-refractivity contribution in [3.63, 3.8) is 0 Å². The van der Waals surface area contributed by atoms with E-state index in [-0.39, 0.29) is 15.1 Å². The van der Waals surface area contributed by atoms with Gasteiger partial charge in [0.25, 0.3) is 10.0 Å². The second-order valence-electron chi connectivity index (χ2n) is 4.08. The molecule has 0 aromatic heterocycles. The molecule has 2 rings (SSSR count). The molecule has 0 aliphatic heterocycles. The largest absolute Gasteiger partial charge is 0.326 e. The topological polar surface area (TPSA) is 72.2 Å². The van der Waals surface area contributed by atoms with E-state index in [1.54, 1.807) is 12.1 Å². The van der Waals surface area contributed by atoms with E-state index in [0.29, 0.717) is 6.54 Å². The molecule has 0 unspecified atom stereocenters. The quantitative estimate of drug-likeness (QED) is 0.882. The monoisotopic (exact) mass is 358 g/mol. The summed E-state index contributed by atoms with van der Waals surface area (Å²) in [6.07, 6.45) is 0. The minimum atomic E-state index is -3.70. The van der Waals surface area contributed by atoms with E-state index in [0.717, 1.165) is 5.56 Å². The molecule has 4 nitrogen and oxygen atoms in total. The summed E-state index contributed by atoms with van der Waals surface area (Å²) in [5, 5.41) is 0. The Morgan fingerprint density at radius 1 is 1.15 bits per heavy atom. The Morgan fingerprint density at radius 2 is 1.80 bits per heavy atom. The van der Waals surface area contributed by atoms with Gasteiger partial charge in [-0.2, -0.15) is 0 Å². The smallest absolute Gasteiger partial charge is 0.261 e. The number of sulfonamides is 1. The lowest BCUT2D eigenvalue weighted by molar-refractivity contribution is 0.601. The number of anilines is 1. The van der Waals surface area contributed by atoms with Crippen LogP contribution < -0.4 is 10.5 Å². The maximum Gasteiger partial charge on any atom is 0.261 e. The highest BCUT2D eigenvalue weighted by atomic mass is 79.9. The van der Waals surface area contributed by atoms with Gasteiger partial charge in [0.05, 0.1) is 15.1 Å². The van der Waals surface area contributed by atoms with E-state index < -0.39 is 15.8 Å². The van der Waals surface area contributed by atoms with Gasteiger partial charge in [-0.15, -0.1) is 0 Å². The molecule has 0 aliphatic rings. The highest BCUT2D eigenvalue weighted by Gasteiger charge is 2.14. The van der Waals surface area contributed by atoms with Crippen molar-refractivity contribution in [2.24, 2.45) is 5.73 Å². The zero-order valence-electron chi connectivity index (χ0n) is 10.3. The molecule has 0 fully saturated rings. The van der Waals surface area contributed by atoms with Crippen molar-refractivity contribution < 1.29 is 12.8 Å². The van der Waals surface area contributed by atoms with Crippen LogP contribution in [-0.4, -0.2) is 8.42 Å². The molecule has 0 bridgehead atoms. The summed E-state index contributed by atoms with van der Waals surface area (Å²) >= 11 is 3.01. The van der Waals surface area contributed by atoms with E-state index in [4.69, 9.17) is 5.73 Å². The molecule has 0 saturated heterocycles. The van der Waals surface area contributed by atoms with Gasteiger partial charge in [0.2, 0.25) is 0 Å². The van der Waals surface area contributed by atoms with Crippen LogP contribution in [0.1, 0.15) is 5.56 Å². The Bertz CT molecular complexity index is 718. The van der Waals surface area contributed by atoms with Gasteiger partial charge in [0, 0.05) is 6.54 Å². The van der Waals surface area contributed by atoms with Gasteiger partial charge in [0.1, 0.15) is 5.82 Å². The fourth-order valence-electron chi connectivity index (χ4n) is 1.58. The summed E-state index contributed by atoms with van der Waals surface area (Å²) in [4.78, 5) is 0.121. The van der Waals surface area contributed by atoms with Crippen molar-refractivity contribution in [2.45, 2.75) is 11.4 Å². The predicted molar refractivity (Wildman–Crippen MR) is 79.2 cm³/mol. The summed E-state index contributed by atoms with van der Waals surface area (Å²) in [5.41, 5.74) is 6.58. The maximum atomic E-state index is 13.1. The van der Waals surface area contributed by atoms with Crippen LogP contribution in [-0.2, 0) is 16.6 Å². The highest BCUT2D eigenvalue weighted by molar-refractivity contribution is 9.10. The molecule has 0 amide bonds. The average Bonchev–Trinajstić information content (AvgIpc) is 2.43. The number of nitrogens with one attached hydrogen (secondary N) is 1. The van der Waals surface area contributed by atoms with Gasteiger partial charge in [0.15, 0.2) is 0 Å². The Kier molecular flexibility index (Phi) is 4.42. The molecule has 0 heterocycles. The van der Waals surface area contributed by atoms with E-state index in [2.05, 4.69) is 20.7 Å². The molecule has 7 heteroatoms. The van der Waals surface area contributed by atoms with Crippen molar-refractivity contribution in [1.82, 2.24) is 0 Å². The molecule has 0 aliphatic carbocycles. The lowest BCUT2D eigenvalue weighted by Gasteiger charge is -2.09. The first-order valence-electron chi connectivity index (χ1n) is 5.69. The predicted octanol–water partition coefficient (Wildman–Crippen LogP) is 2.85. The molecule has 0 saturated carbocycles. The summed E-state index contributed by atoms with van der Waals surface area (Å²) in [6.45, 7) is 0.346. The summed E-state index contributed by atoms with van der Waals surface area (Å²) < 4.78 is 40.0. The number of halogens is 2. The first-order chi connectivity index (χ1) is 9.42. The minimum absolute atomic E-state index is 0.121. The molecular weight excluding hydrogens is 347 g/mol. The number of hydrogen-bond donors (Lipinski definition) is 2. The SMILES string of the molecule is NCc1ccc(S(=O)(=O)Nc2ccc(F)c(Br)c2)cc1. The Labute approximate surface area is 125 Å². The van der Waals surface area contributed by atoms with E-state index in [9.17, 15) is 12.8 Å². The third kappa shape index (κ3) is 3.36. The Hall–Kier alpha value is -1.44. The zero-order chi connectivity index (χ0) is 14.8. The molecule has 3 N–H and O–H groups in total. The molecule has 0 spiro atoms. The van der Waals surface area contributed by atoms with Gasteiger partial charge in [-0.3, -0.25) is 4.72 Å². The fourth-order valence-corrected chi connectivity index (χ4v) is 3.01. The lowest BCUT2D eigenvalue weighted by Crippen LogP contribution is -2.13. The van der Waals surface area contributed by atoms with Crippen LogP contribution in [0.15, 0.2) is 51.8 Å². The van der Waals surface area contributed by atoms with Crippen LogP contribution in [0, 0.1) is 5.82 Å². The van der Waals surface area contributed by atoms with E-state index in [1.807, 2.05) is 0 Å². The molecule has 0 atom stereocenters. The zero-order valence-corrected chi connectivity index (χ0v) is 12.7. The molecule has 20 heavy (non-hydrogen) atoms. The van der Waals surface area contributed by atoms with Crippen molar-refractivity contribution in [2.75, 3.05) is 4.72 Å². The maximum absolute atomic E-state index is 13.1. The van der Waals surface area contributed by atoms with Gasteiger partial charge >= 0.3 is 0 Å². The van der Waals surface area contributed by atoms with Crippen LogP contribution in [0.25, 0.3) is 0 Å². The normalized spacial score (nSPS) is 11.3. The van der Waals surface area contributed by atoms with E-state index >= 15 is 0 Å². The van der Waals surface area contributed by atoms with Crippen molar-refractivity contribution in [3.05, 3.63) is 58.3 Å². The summed E-state index contributed by atoms with van der Waals surface area (Å²) in [5.74, 6) is -0.458. The summed E-state index contributed by atoms with van der Waals surface area (Å²) in [7, 11) is -3.70. The average molecular weight is 359 g/mol. The minimum Gasteiger partial charge on any atom is -0.326 e.